The number of nitrogens with one attached hydrogen (secondary N) is 1. The van der Waals surface area contributed by atoms with Crippen LogP contribution >= 0.6 is 0 Å². The second-order valence-corrected chi connectivity index (χ2v) is 6.51. The molecule has 1 saturated heterocycles. The van der Waals surface area contributed by atoms with Gasteiger partial charge in [0, 0.05) is 6.54 Å². The standard InChI is InChI=1S/C18H26N2O3/c1-13(2)16(20-10-4-3-5-11-20)17(21)19-12-14-6-8-15(9-7-14)18(22)23/h6-9,13,16H,3-5,10-12H2,1-2H3,(H,19,21)(H,22,23). The lowest BCUT2D eigenvalue weighted by Crippen LogP contribution is -2.51. The molecule has 1 unspecified atom stereocenters. The SMILES string of the molecule is CC(C)C(C(=O)NCc1ccc(C(=O)O)cc1)N1CCCCC1. The Balaban J connectivity index is 1.94. The molecule has 0 aliphatic carbocycles. The zero-order valence-electron chi connectivity index (χ0n) is 13.9. The summed E-state index contributed by atoms with van der Waals surface area (Å²) in [5.41, 5.74) is 1.16. The van der Waals surface area contributed by atoms with Gasteiger partial charge in [-0.15, -0.1) is 0 Å². The fraction of sp³-hybridized carbons (Fsp3) is 0.556. The Bertz CT molecular complexity index is 534. The van der Waals surface area contributed by atoms with Crippen molar-refractivity contribution in [2.45, 2.75) is 45.7 Å². The van der Waals surface area contributed by atoms with Gasteiger partial charge in [-0.2, -0.15) is 0 Å². The number of carboxylic acids is 1. The van der Waals surface area contributed by atoms with E-state index in [2.05, 4.69) is 24.1 Å². The van der Waals surface area contributed by atoms with E-state index in [1.165, 1.54) is 6.42 Å². The van der Waals surface area contributed by atoms with Crippen molar-refractivity contribution in [2.24, 2.45) is 5.92 Å². The second-order valence-electron chi connectivity index (χ2n) is 6.51. The number of nitrogens with zero attached hydrogens (tertiary/aromatic N) is 1. The van der Waals surface area contributed by atoms with E-state index in [1.807, 2.05) is 0 Å². The Kier molecular flexibility index (Phi) is 6.16. The minimum Gasteiger partial charge on any atom is -0.478 e. The average Bonchev–Trinajstić information content (AvgIpc) is 2.54. The molecule has 1 fully saturated rings. The Morgan fingerprint density at radius 1 is 1.13 bits per heavy atom. The summed E-state index contributed by atoms with van der Waals surface area (Å²) in [5, 5.41) is 11.9. The number of likely N-dealkylation sites (tertiary alicyclic amines) is 1. The van der Waals surface area contributed by atoms with Gasteiger partial charge in [0.05, 0.1) is 11.6 Å². The third kappa shape index (κ3) is 4.79. The molecule has 0 radical (unpaired) electrons. The Labute approximate surface area is 137 Å². The molecule has 2 rings (SSSR count). The lowest BCUT2D eigenvalue weighted by Gasteiger charge is -2.35. The summed E-state index contributed by atoms with van der Waals surface area (Å²) in [6, 6.07) is 6.53. The number of carbonyl (C=O) groups is 2. The second kappa shape index (κ2) is 8.11. The monoisotopic (exact) mass is 318 g/mol. The van der Waals surface area contributed by atoms with Crippen molar-refractivity contribution in [3.63, 3.8) is 0 Å². The maximum atomic E-state index is 12.6. The fourth-order valence-corrected chi connectivity index (χ4v) is 3.15. The molecular weight excluding hydrogens is 292 g/mol. The number of rotatable bonds is 6. The smallest absolute Gasteiger partial charge is 0.335 e. The van der Waals surface area contributed by atoms with Crippen molar-refractivity contribution < 1.29 is 14.7 Å². The first-order valence-electron chi connectivity index (χ1n) is 8.33. The number of carbonyl (C=O) groups excluding carboxylic acids is 1. The van der Waals surface area contributed by atoms with Crippen molar-refractivity contribution >= 4 is 11.9 Å². The van der Waals surface area contributed by atoms with Crippen LogP contribution in [0.15, 0.2) is 24.3 Å². The molecule has 1 atom stereocenters. The van der Waals surface area contributed by atoms with Gasteiger partial charge in [-0.25, -0.2) is 4.79 Å². The van der Waals surface area contributed by atoms with Crippen molar-refractivity contribution in [3.8, 4) is 0 Å². The number of aromatic carboxylic acids is 1. The first kappa shape index (κ1) is 17.5. The number of benzene rings is 1. The third-order valence-corrected chi connectivity index (χ3v) is 4.35. The highest BCUT2D eigenvalue weighted by Gasteiger charge is 2.29. The summed E-state index contributed by atoms with van der Waals surface area (Å²) in [6.07, 6.45) is 3.57. The molecule has 1 heterocycles. The average molecular weight is 318 g/mol. The van der Waals surface area contributed by atoms with Gasteiger partial charge in [-0.1, -0.05) is 32.4 Å². The van der Waals surface area contributed by atoms with Crippen molar-refractivity contribution in [2.75, 3.05) is 13.1 Å². The highest BCUT2D eigenvalue weighted by Crippen LogP contribution is 2.18. The zero-order chi connectivity index (χ0) is 16.8. The summed E-state index contributed by atoms with van der Waals surface area (Å²) >= 11 is 0. The van der Waals surface area contributed by atoms with Crippen LogP contribution in [0.3, 0.4) is 0 Å². The molecule has 1 aromatic carbocycles. The minimum atomic E-state index is -0.939. The maximum Gasteiger partial charge on any atom is 0.335 e. The van der Waals surface area contributed by atoms with E-state index in [-0.39, 0.29) is 23.4 Å². The predicted molar refractivity (Wildman–Crippen MR) is 89.3 cm³/mol. The van der Waals surface area contributed by atoms with Gasteiger partial charge in [-0.05, 0) is 49.5 Å². The summed E-state index contributed by atoms with van der Waals surface area (Å²) in [7, 11) is 0. The molecule has 0 saturated carbocycles. The van der Waals surface area contributed by atoms with E-state index in [9.17, 15) is 9.59 Å². The molecular formula is C18H26N2O3. The van der Waals surface area contributed by atoms with Gasteiger partial charge >= 0.3 is 5.97 Å². The minimum absolute atomic E-state index is 0.0595. The Morgan fingerprint density at radius 3 is 2.26 bits per heavy atom. The van der Waals surface area contributed by atoms with Crippen molar-refractivity contribution in [1.82, 2.24) is 10.2 Å². The predicted octanol–water partition coefficient (Wildman–Crippen LogP) is 2.51. The van der Waals surface area contributed by atoms with Gasteiger partial charge in [-0.3, -0.25) is 9.69 Å². The first-order chi connectivity index (χ1) is 11.0. The maximum absolute atomic E-state index is 12.6. The van der Waals surface area contributed by atoms with E-state index in [4.69, 9.17) is 5.11 Å². The molecule has 1 aromatic rings. The van der Waals surface area contributed by atoms with Gasteiger partial charge in [0.15, 0.2) is 0 Å². The third-order valence-electron chi connectivity index (χ3n) is 4.35. The first-order valence-corrected chi connectivity index (χ1v) is 8.33. The Morgan fingerprint density at radius 2 is 1.74 bits per heavy atom. The molecule has 1 aliphatic heterocycles. The van der Waals surface area contributed by atoms with Crippen LogP contribution in [-0.2, 0) is 11.3 Å². The number of piperidine rings is 1. The van der Waals surface area contributed by atoms with E-state index < -0.39 is 5.97 Å². The summed E-state index contributed by atoms with van der Waals surface area (Å²) < 4.78 is 0. The Hall–Kier alpha value is -1.88. The van der Waals surface area contributed by atoms with Crippen LogP contribution in [0.4, 0.5) is 0 Å². The van der Waals surface area contributed by atoms with E-state index in [1.54, 1.807) is 24.3 Å². The summed E-state index contributed by atoms with van der Waals surface area (Å²) in [5.74, 6) is -0.614. The van der Waals surface area contributed by atoms with Gasteiger partial charge in [0.1, 0.15) is 0 Å². The number of carboxylic acid groups (broad SMARTS) is 1. The van der Waals surface area contributed by atoms with Crippen LogP contribution in [0.1, 0.15) is 49.0 Å². The van der Waals surface area contributed by atoms with E-state index in [0.29, 0.717) is 6.54 Å². The number of hydrogen-bond acceptors (Lipinski definition) is 3. The highest BCUT2D eigenvalue weighted by molar-refractivity contribution is 5.87. The molecule has 5 heteroatoms. The summed E-state index contributed by atoms with van der Waals surface area (Å²) in [4.78, 5) is 25.7. The largest absolute Gasteiger partial charge is 0.478 e. The van der Waals surface area contributed by atoms with E-state index >= 15 is 0 Å². The van der Waals surface area contributed by atoms with Crippen LogP contribution in [-0.4, -0.2) is 41.0 Å². The molecule has 0 spiro atoms. The van der Waals surface area contributed by atoms with Crippen LogP contribution in [0.2, 0.25) is 0 Å². The molecule has 23 heavy (non-hydrogen) atoms. The molecule has 2 N–H and O–H groups in total. The molecule has 5 nitrogen and oxygen atoms in total. The quantitative estimate of drug-likeness (QED) is 0.845. The topological polar surface area (TPSA) is 69.6 Å². The molecule has 0 aromatic heterocycles. The molecule has 1 aliphatic rings. The highest BCUT2D eigenvalue weighted by atomic mass is 16.4. The van der Waals surface area contributed by atoms with Crippen molar-refractivity contribution in [3.05, 3.63) is 35.4 Å². The van der Waals surface area contributed by atoms with Gasteiger partial charge < -0.3 is 10.4 Å². The normalized spacial score (nSPS) is 17.0. The lowest BCUT2D eigenvalue weighted by atomic mass is 9.98. The number of hydrogen-bond donors (Lipinski definition) is 2. The molecule has 126 valence electrons. The molecule has 1 amide bonds. The van der Waals surface area contributed by atoms with Gasteiger partial charge in [0.2, 0.25) is 5.91 Å². The molecule has 0 bridgehead atoms. The zero-order valence-corrected chi connectivity index (χ0v) is 13.9. The fourth-order valence-electron chi connectivity index (χ4n) is 3.15. The number of amides is 1. The van der Waals surface area contributed by atoms with Crippen LogP contribution in [0.5, 0.6) is 0 Å². The van der Waals surface area contributed by atoms with E-state index in [0.717, 1.165) is 31.5 Å². The van der Waals surface area contributed by atoms with Crippen LogP contribution in [0, 0.1) is 5.92 Å². The summed E-state index contributed by atoms with van der Waals surface area (Å²) in [6.45, 7) is 6.57. The van der Waals surface area contributed by atoms with Gasteiger partial charge in [0.25, 0.3) is 0 Å². The van der Waals surface area contributed by atoms with Crippen molar-refractivity contribution in [1.29, 1.82) is 0 Å². The van der Waals surface area contributed by atoms with Crippen LogP contribution < -0.4 is 5.32 Å². The lowest BCUT2D eigenvalue weighted by molar-refractivity contribution is -0.128. The van der Waals surface area contributed by atoms with Crippen LogP contribution in [0.25, 0.3) is 0 Å².